The molecule has 1 heterocycles. The number of aliphatic carboxylic acids is 1. The van der Waals surface area contributed by atoms with E-state index in [2.05, 4.69) is 15.3 Å². The number of carbonyl (C=O) groups excluding carboxylic acids is 1. The fraction of sp³-hybridized carbons (Fsp3) is 0.357. The summed E-state index contributed by atoms with van der Waals surface area (Å²) in [6.45, 7) is 3.94. The zero-order chi connectivity index (χ0) is 13.8. The summed E-state index contributed by atoms with van der Waals surface area (Å²) >= 11 is 0. The molecule has 1 atom stereocenters. The number of benzene rings is 1. The number of carboxylic acids is 1. The van der Waals surface area contributed by atoms with Gasteiger partial charge in [-0.05, 0) is 24.5 Å². The molecule has 100 valence electrons. The number of nitrogens with one attached hydrogen (secondary N) is 1. The Morgan fingerprint density at radius 1 is 1.32 bits per heavy atom. The number of para-hydroxylation sites is 1. The zero-order valence-corrected chi connectivity index (χ0v) is 11.0. The average molecular weight is 258 g/mol. The minimum Gasteiger partial charge on any atom is -0.548 e. The van der Waals surface area contributed by atoms with Crippen molar-refractivity contribution >= 4 is 22.7 Å². The number of hydrogen-bond acceptors (Lipinski definition) is 5. The largest absolute Gasteiger partial charge is 0.548 e. The van der Waals surface area contributed by atoms with E-state index in [1.807, 2.05) is 38.1 Å². The van der Waals surface area contributed by atoms with Crippen LogP contribution in [0, 0.1) is 5.92 Å². The minimum atomic E-state index is -1.11. The number of carbonyl (C=O) groups is 1. The van der Waals surface area contributed by atoms with Crippen molar-refractivity contribution in [3.8, 4) is 0 Å². The summed E-state index contributed by atoms with van der Waals surface area (Å²) < 4.78 is 0. The normalized spacial score (nSPS) is 12.6. The molecule has 0 bridgehead atoms. The molecule has 0 fully saturated rings. The lowest BCUT2D eigenvalue weighted by Crippen LogP contribution is -2.41. The molecule has 2 rings (SSSR count). The van der Waals surface area contributed by atoms with Crippen molar-refractivity contribution in [2.45, 2.75) is 26.3 Å². The molecular formula is C14H16N3O2-. The van der Waals surface area contributed by atoms with Gasteiger partial charge in [0.15, 0.2) is 0 Å². The van der Waals surface area contributed by atoms with Crippen molar-refractivity contribution in [1.29, 1.82) is 0 Å². The lowest BCUT2D eigenvalue weighted by atomic mass is 10.0. The summed E-state index contributed by atoms with van der Waals surface area (Å²) in [5, 5.41) is 14.9. The number of carboxylic acid groups (broad SMARTS) is 1. The Balaban J connectivity index is 2.31. The molecule has 2 aromatic rings. The summed E-state index contributed by atoms with van der Waals surface area (Å²) in [5.41, 5.74) is 0.779. The highest BCUT2D eigenvalue weighted by molar-refractivity contribution is 5.90. The van der Waals surface area contributed by atoms with E-state index in [9.17, 15) is 9.90 Å². The van der Waals surface area contributed by atoms with Crippen molar-refractivity contribution in [2.75, 3.05) is 5.32 Å². The van der Waals surface area contributed by atoms with Gasteiger partial charge in [0.25, 0.3) is 0 Å². The molecule has 0 saturated carbocycles. The third-order valence-electron chi connectivity index (χ3n) is 2.85. The number of nitrogens with zero attached hydrogens (tertiary/aromatic N) is 2. The lowest BCUT2D eigenvalue weighted by molar-refractivity contribution is -0.307. The Morgan fingerprint density at radius 3 is 2.74 bits per heavy atom. The first kappa shape index (κ1) is 13.3. The quantitative estimate of drug-likeness (QED) is 0.872. The molecule has 0 amide bonds. The maximum absolute atomic E-state index is 11.2. The molecule has 1 aromatic heterocycles. The molecule has 0 spiro atoms. The van der Waals surface area contributed by atoms with Crippen LogP contribution in [-0.4, -0.2) is 22.0 Å². The van der Waals surface area contributed by atoms with E-state index in [1.54, 1.807) is 0 Å². The van der Waals surface area contributed by atoms with Gasteiger partial charge in [-0.25, -0.2) is 9.97 Å². The molecular weight excluding hydrogens is 242 g/mol. The van der Waals surface area contributed by atoms with Crippen LogP contribution in [0.15, 0.2) is 30.6 Å². The van der Waals surface area contributed by atoms with Crippen molar-refractivity contribution in [1.82, 2.24) is 9.97 Å². The van der Waals surface area contributed by atoms with E-state index < -0.39 is 12.0 Å². The first-order chi connectivity index (χ1) is 9.08. The topological polar surface area (TPSA) is 77.9 Å². The minimum absolute atomic E-state index is 0.253. The molecule has 0 aliphatic rings. The van der Waals surface area contributed by atoms with E-state index in [0.29, 0.717) is 12.2 Å². The molecule has 0 unspecified atom stereocenters. The summed E-state index contributed by atoms with van der Waals surface area (Å²) in [6.07, 6.45) is 1.91. The highest BCUT2D eigenvalue weighted by Crippen LogP contribution is 2.20. The fourth-order valence-corrected chi connectivity index (χ4v) is 1.97. The van der Waals surface area contributed by atoms with E-state index in [-0.39, 0.29) is 5.92 Å². The van der Waals surface area contributed by atoms with Crippen LogP contribution in [0.2, 0.25) is 0 Å². The first-order valence-electron chi connectivity index (χ1n) is 6.25. The molecule has 0 saturated heterocycles. The zero-order valence-electron chi connectivity index (χ0n) is 11.0. The first-order valence-corrected chi connectivity index (χ1v) is 6.25. The monoisotopic (exact) mass is 258 g/mol. The third-order valence-corrected chi connectivity index (χ3v) is 2.85. The van der Waals surface area contributed by atoms with Crippen LogP contribution in [0.5, 0.6) is 0 Å². The van der Waals surface area contributed by atoms with E-state index in [4.69, 9.17) is 0 Å². The Kier molecular flexibility index (Phi) is 3.94. The maximum atomic E-state index is 11.2. The van der Waals surface area contributed by atoms with Crippen LogP contribution < -0.4 is 10.4 Å². The highest BCUT2D eigenvalue weighted by Gasteiger charge is 2.14. The van der Waals surface area contributed by atoms with Gasteiger partial charge in [0.1, 0.15) is 12.1 Å². The second-order valence-electron chi connectivity index (χ2n) is 4.88. The molecule has 0 radical (unpaired) electrons. The number of fused-ring (bicyclic) bond motifs is 1. The van der Waals surface area contributed by atoms with Gasteiger partial charge in [0, 0.05) is 5.39 Å². The molecule has 19 heavy (non-hydrogen) atoms. The lowest BCUT2D eigenvalue weighted by Gasteiger charge is -2.22. The Hall–Kier alpha value is -2.17. The average Bonchev–Trinajstić information content (AvgIpc) is 2.37. The van der Waals surface area contributed by atoms with Crippen molar-refractivity contribution < 1.29 is 9.90 Å². The standard InChI is InChI=1S/C14H17N3O2/c1-9(2)7-12(14(18)19)17-13-10-5-3-4-6-11(10)15-8-16-13/h3-6,8-9,12H,7H2,1-2H3,(H,18,19)(H,15,16,17)/p-1/t12-/m1/s1. The van der Waals surface area contributed by atoms with Gasteiger partial charge < -0.3 is 15.2 Å². The number of anilines is 1. The van der Waals surface area contributed by atoms with Gasteiger partial charge in [0.2, 0.25) is 0 Å². The molecule has 5 heteroatoms. The number of rotatable bonds is 5. The van der Waals surface area contributed by atoms with Crippen LogP contribution in [0.25, 0.3) is 10.9 Å². The smallest absolute Gasteiger partial charge is 0.137 e. The maximum Gasteiger partial charge on any atom is 0.137 e. The second kappa shape index (κ2) is 5.65. The van der Waals surface area contributed by atoms with Crippen LogP contribution in [0.3, 0.4) is 0 Å². The van der Waals surface area contributed by atoms with Gasteiger partial charge >= 0.3 is 0 Å². The van der Waals surface area contributed by atoms with Crippen molar-refractivity contribution in [3.05, 3.63) is 30.6 Å². The van der Waals surface area contributed by atoms with Gasteiger partial charge in [-0.2, -0.15) is 0 Å². The highest BCUT2D eigenvalue weighted by atomic mass is 16.4. The molecule has 1 N–H and O–H groups in total. The van der Waals surface area contributed by atoms with Crippen molar-refractivity contribution in [3.63, 3.8) is 0 Å². The van der Waals surface area contributed by atoms with Gasteiger partial charge in [-0.1, -0.05) is 26.0 Å². The third kappa shape index (κ3) is 3.19. The predicted molar refractivity (Wildman–Crippen MR) is 71.4 cm³/mol. The van der Waals surface area contributed by atoms with Gasteiger partial charge in [0.05, 0.1) is 17.5 Å². The van der Waals surface area contributed by atoms with Crippen LogP contribution in [0.4, 0.5) is 5.82 Å². The van der Waals surface area contributed by atoms with Crippen molar-refractivity contribution in [2.24, 2.45) is 5.92 Å². The Labute approximate surface area is 111 Å². The summed E-state index contributed by atoms with van der Waals surface area (Å²) in [7, 11) is 0. The SMILES string of the molecule is CC(C)C[C@@H](Nc1ncnc2ccccc12)C(=O)[O-]. The summed E-state index contributed by atoms with van der Waals surface area (Å²) in [6, 6.07) is 6.72. The van der Waals surface area contributed by atoms with Crippen LogP contribution >= 0.6 is 0 Å². The fourth-order valence-electron chi connectivity index (χ4n) is 1.97. The molecule has 0 aliphatic heterocycles. The number of hydrogen-bond donors (Lipinski definition) is 1. The molecule has 1 aromatic carbocycles. The summed E-state index contributed by atoms with van der Waals surface area (Å²) in [5.74, 6) is -0.333. The molecule has 0 aliphatic carbocycles. The van der Waals surface area contributed by atoms with Crippen LogP contribution in [0.1, 0.15) is 20.3 Å². The second-order valence-corrected chi connectivity index (χ2v) is 4.88. The van der Waals surface area contributed by atoms with Crippen LogP contribution in [-0.2, 0) is 4.79 Å². The number of aromatic nitrogens is 2. The van der Waals surface area contributed by atoms with Gasteiger partial charge in [-0.3, -0.25) is 0 Å². The molecule has 5 nitrogen and oxygen atoms in total. The Morgan fingerprint density at radius 2 is 2.05 bits per heavy atom. The van der Waals surface area contributed by atoms with Gasteiger partial charge in [-0.15, -0.1) is 0 Å². The Bertz CT molecular complexity index is 578. The predicted octanol–water partition coefficient (Wildman–Crippen LogP) is 1.21. The van der Waals surface area contributed by atoms with E-state index in [0.717, 1.165) is 10.9 Å². The van der Waals surface area contributed by atoms with E-state index in [1.165, 1.54) is 6.33 Å². The summed E-state index contributed by atoms with van der Waals surface area (Å²) in [4.78, 5) is 19.4. The van der Waals surface area contributed by atoms with E-state index >= 15 is 0 Å².